The Balaban J connectivity index is 1.88. The largest absolute Gasteiger partial charge is 0.490 e. The summed E-state index contributed by atoms with van der Waals surface area (Å²) < 4.78 is 13.8. The van der Waals surface area contributed by atoms with Crippen LogP contribution in [0.1, 0.15) is 12.5 Å². The highest BCUT2D eigenvalue weighted by Crippen LogP contribution is 2.36. The molecule has 1 heterocycles. The molecule has 0 saturated carbocycles. The third kappa shape index (κ3) is 5.33. The number of ether oxygens (including phenoxy) is 2. The zero-order chi connectivity index (χ0) is 20.8. The number of benzene rings is 2. The van der Waals surface area contributed by atoms with Crippen LogP contribution in [0.25, 0.3) is 11.3 Å². The summed E-state index contributed by atoms with van der Waals surface area (Å²) in [4.78, 5) is 14.2. The Morgan fingerprint density at radius 1 is 1.31 bits per heavy atom. The van der Waals surface area contributed by atoms with Gasteiger partial charge in [0.2, 0.25) is 0 Å². The number of imidazole rings is 1. The molecule has 0 unspecified atom stereocenters. The molecule has 1 amide bonds. The summed E-state index contributed by atoms with van der Waals surface area (Å²) in [5, 5.41) is 4.43. The van der Waals surface area contributed by atoms with E-state index in [2.05, 4.69) is 26.0 Å². The molecule has 150 valence electrons. The van der Waals surface area contributed by atoms with Crippen LogP contribution in [0.4, 0.5) is 0 Å². The van der Waals surface area contributed by atoms with Crippen LogP contribution < -0.4 is 15.2 Å². The number of aromatic amines is 1. The van der Waals surface area contributed by atoms with E-state index in [-0.39, 0.29) is 6.61 Å². The molecule has 9 heteroatoms. The molecule has 0 radical (unpaired) electrons. The Labute approximate surface area is 181 Å². The Hall–Kier alpha value is -2.91. The molecule has 0 aliphatic heterocycles. The molecule has 0 spiro atoms. The van der Waals surface area contributed by atoms with Gasteiger partial charge in [-0.15, -0.1) is 0 Å². The molecule has 29 heavy (non-hydrogen) atoms. The average Bonchev–Trinajstić information content (AvgIpc) is 3.07. The Bertz CT molecular complexity index is 1090. The van der Waals surface area contributed by atoms with Crippen LogP contribution in [0.2, 0.25) is 0 Å². The van der Waals surface area contributed by atoms with Gasteiger partial charge >= 0.3 is 0 Å². The number of amides is 1. The standard InChI is InChI=1S/C20H19BrN4O3S/c1-2-27-17-9-13(8-15(21)19(17)28-12-18(22)26)10-23-25-11-16(24-20(25)29)14-6-4-3-5-7-14/h3-11H,2,12H2,1H3,(H2,22,26)(H,24,29)/b23-10+. The summed E-state index contributed by atoms with van der Waals surface area (Å²) in [6, 6.07) is 13.4. The fourth-order valence-corrected chi connectivity index (χ4v) is 3.36. The van der Waals surface area contributed by atoms with Crippen LogP contribution in [0.15, 0.2) is 58.2 Å². The van der Waals surface area contributed by atoms with E-state index in [0.29, 0.717) is 27.3 Å². The fraction of sp³-hybridized carbons (Fsp3) is 0.150. The molecule has 0 bridgehead atoms. The third-order valence-electron chi connectivity index (χ3n) is 3.81. The highest BCUT2D eigenvalue weighted by molar-refractivity contribution is 9.10. The van der Waals surface area contributed by atoms with Crippen LogP contribution in [-0.2, 0) is 4.79 Å². The molecular formula is C20H19BrN4O3S. The van der Waals surface area contributed by atoms with Gasteiger partial charge in [-0.1, -0.05) is 30.3 Å². The van der Waals surface area contributed by atoms with Crippen molar-refractivity contribution in [2.75, 3.05) is 13.2 Å². The first kappa shape index (κ1) is 20.8. The summed E-state index contributed by atoms with van der Waals surface area (Å²) in [6.07, 6.45) is 3.49. The lowest BCUT2D eigenvalue weighted by Crippen LogP contribution is -2.20. The first-order chi connectivity index (χ1) is 14.0. The predicted molar refractivity (Wildman–Crippen MR) is 118 cm³/mol. The minimum atomic E-state index is -0.568. The van der Waals surface area contributed by atoms with E-state index in [1.54, 1.807) is 23.0 Å². The first-order valence-electron chi connectivity index (χ1n) is 8.76. The first-order valence-corrected chi connectivity index (χ1v) is 9.97. The highest BCUT2D eigenvalue weighted by Gasteiger charge is 2.13. The molecule has 7 nitrogen and oxygen atoms in total. The third-order valence-corrected chi connectivity index (χ3v) is 4.69. The van der Waals surface area contributed by atoms with Gasteiger partial charge in [-0.3, -0.25) is 4.79 Å². The van der Waals surface area contributed by atoms with Gasteiger partial charge in [0.25, 0.3) is 5.91 Å². The smallest absolute Gasteiger partial charge is 0.255 e. The van der Waals surface area contributed by atoms with Crippen molar-refractivity contribution in [3.05, 3.63) is 63.5 Å². The minimum Gasteiger partial charge on any atom is -0.490 e. The van der Waals surface area contributed by atoms with E-state index >= 15 is 0 Å². The van der Waals surface area contributed by atoms with E-state index in [9.17, 15) is 4.79 Å². The number of hydrogen-bond donors (Lipinski definition) is 2. The second-order valence-corrected chi connectivity index (χ2v) is 7.19. The molecule has 0 aliphatic rings. The molecule has 3 N–H and O–H groups in total. The number of carbonyl (C=O) groups excluding carboxylic acids is 1. The van der Waals surface area contributed by atoms with Crippen molar-refractivity contribution in [3.8, 4) is 22.8 Å². The predicted octanol–water partition coefficient (Wildman–Crippen LogP) is 4.12. The molecule has 2 aromatic carbocycles. The molecule has 0 saturated heterocycles. The van der Waals surface area contributed by atoms with Crippen LogP contribution in [0, 0.1) is 4.77 Å². The van der Waals surface area contributed by atoms with Crippen molar-refractivity contribution in [2.24, 2.45) is 10.8 Å². The normalized spacial score (nSPS) is 11.0. The van der Waals surface area contributed by atoms with Gasteiger partial charge in [0.05, 0.1) is 29.2 Å². The summed E-state index contributed by atoms with van der Waals surface area (Å²) in [7, 11) is 0. The average molecular weight is 475 g/mol. The summed E-state index contributed by atoms with van der Waals surface area (Å²) in [5.74, 6) is 0.320. The molecule has 3 aromatic rings. The maximum atomic E-state index is 11.0. The van der Waals surface area contributed by atoms with Gasteiger partial charge in [0.15, 0.2) is 22.9 Å². The molecular weight excluding hydrogens is 456 g/mol. The zero-order valence-corrected chi connectivity index (χ0v) is 18.0. The van der Waals surface area contributed by atoms with Crippen molar-refractivity contribution in [3.63, 3.8) is 0 Å². The molecule has 0 aliphatic carbocycles. The second-order valence-electron chi connectivity index (χ2n) is 5.95. The lowest BCUT2D eigenvalue weighted by molar-refractivity contribution is -0.119. The molecule has 0 fully saturated rings. The van der Waals surface area contributed by atoms with Crippen LogP contribution in [0.5, 0.6) is 11.5 Å². The molecule has 3 rings (SSSR count). The van der Waals surface area contributed by atoms with Crippen molar-refractivity contribution < 1.29 is 14.3 Å². The monoisotopic (exact) mass is 474 g/mol. The van der Waals surface area contributed by atoms with Gasteiger partial charge in [-0.25, -0.2) is 4.68 Å². The van der Waals surface area contributed by atoms with E-state index in [4.69, 9.17) is 27.4 Å². The van der Waals surface area contributed by atoms with Crippen LogP contribution >= 0.6 is 28.1 Å². The second kappa shape index (κ2) is 9.53. The molecule has 0 atom stereocenters. The Morgan fingerprint density at radius 2 is 2.07 bits per heavy atom. The number of nitrogens with one attached hydrogen (secondary N) is 1. The SMILES string of the molecule is CCOc1cc(/C=N/n2cc(-c3ccccc3)[nH]c2=S)cc(Br)c1OCC(N)=O. The van der Waals surface area contributed by atoms with Crippen LogP contribution in [0.3, 0.4) is 0 Å². The number of hydrogen-bond acceptors (Lipinski definition) is 5. The summed E-state index contributed by atoms with van der Waals surface area (Å²) in [6.45, 7) is 2.05. The van der Waals surface area contributed by atoms with Crippen molar-refractivity contribution in [1.82, 2.24) is 9.66 Å². The maximum Gasteiger partial charge on any atom is 0.255 e. The van der Waals surface area contributed by atoms with Crippen molar-refractivity contribution in [1.29, 1.82) is 0 Å². The van der Waals surface area contributed by atoms with Crippen molar-refractivity contribution in [2.45, 2.75) is 6.92 Å². The summed E-state index contributed by atoms with van der Waals surface area (Å²) >= 11 is 8.80. The van der Waals surface area contributed by atoms with E-state index in [0.717, 1.165) is 16.8 Å². The number of nitrogens with two attached hydrogens (primary N) is 1. The van der Waals surface area contributed by atoms with Gasteiger partial charge < -0.3 is 20.2 Å². The molecule has 1 aromatic heterocycles. The van der Waals surface area contributed by atoms with E-state index in [1.165, 1.54) is 0 Å². The number of carbonyl (C=O) groups is 1. The van der Waals surface area contributed by atoms with Gasteiger partial charge in [0, 0.05) is 0 Å². The Kier molecular flexibility index (Phi) is 6.84. The summed E-state index contributed by atoms with van der Waals surface area (Å²) in [5.41, 5.74) is 7.81. The topological polar surface area (TPSA) is 94.6 Å². The number of primary amides is 1. The van der Waals surface area contributed by atoms with E-state index in [1.807, 2.05) is 43.5 Å². The number of H-pyrrole nitrogens is 1. The van der Waals surface area contributed by atoms with Gasteiger partial charge in [0.1, 0.15) is 0 Å². The number of rotatable bonds is 8. The van der Waals surface area contributed by atoms with Gasteiger partial charge in [-0.2, -0.15) is 5.10 Å². The lowest BCUT2D eigenvalue weighted by atomic mass is 10.2. The number of aromatic nitrogens is 2. The van der Waals surface area contributed by atoms with Gasteiger partial charge in [-0.05, 0) is 58.3 Å². The highest BCUT2D eigenvalue weighted by atomic mass is 79.9. The van der Waals surface area contributed by atoms with E-state index < -0.39 is 5.91 Å². The quantitative estimate of drug-likeness (QED) is 0.379. The lowest BCUT2D eigenvalue weighted by Gasteiger charge is -2.13. The zero-order valence-electron chi connectivity index (χ0n) is 15.6. The fourth-order valence-electron chi connectivity index (χ4n) is 2.57. The number of nitrogens with zero attached hydrogens (tertiary/aromatic N) is 2. The maximum absolute atomic E-state index is 11.0. The number of halogens is 1. The van der Waals surface area contributed by atoms with Crippen molar-refractivity contribution >= 4 is 40.3 Å². The Morgan fingerprint density at radius 3 is 2.76 bits per heavy atom. The van der Waals surface area contributed by atoms with Crippen LogP contribution in [-0.4, -0.2) is 35.0 Å². The minimum absolute atomic E-state index is 0.243.